The van der Waals surface area contributed by atoms with E-state index in [0.29, 0.717) is 16.7 Å². The molecule has 0 aliphatic carbocycles. The molecule has 1 heterocycles. The lowest BCUT2D eigenvalue weighted by Gasteiger charge is -2.07. The Morgan fingerprint density at radius 3 is 3.00 bits per heavy atom. The van der Waals surface area contributed by atoms with Crippen LogP contribution in [-0.4, -0.2) is 9.97 Å². The van der Waals surface area contributed by atoms with Crippen molar-refractivity contribution >= 4 is 21.6 Å². The van der Waals surface area contributed by atoms with Gasteiger partial charge in [0.05, 0.1) is 12.2 Å². The molecule has 0 aliphatic heterocycles. The van der Waals surface area contributed by atoms with Crippen molar-refractivity contribution in [3.05, 3.63) is 46.7 Å². The highest BCUT2D eigenvalue weighted by atomic mass is 79.9. The van der Waals surface area contributed by atoms with E-state index in [1.54, 1.807) is 24.5 Å². The third-order valence-electron chi connectivity index (χ3n) is 1.95. The van der Waals surface area contributed by atoms with Crippen molar-refractivity contribution < 1.29 is 4.39 Å². The summed E-state index contributed by atoms with van der Waals surface area (Å²) in [6.07, 6.45) is 3.39. The molecule has 78 valence electrons. The second-order valence-corrected chi connectivity index (χ2v) is 3.84. The van der Waals surface area contributed by atoms with Crippen molar-refractivity contribution in [1.29, 1.82) is 0 Å². The van der Waals surface area contributed by atoms with Gasteiger partial charge in [-0.1, -0.05) is 6.07 Å². The number of nitrogens with zero attached hydrogens (tertiary/aromatic N) is 1. The Hall–Kier alpha value is -1.36. The number of aromatic nitrogens is 2. The first kappa shape index (κ1) is 10.2. The molecule has 0 unspecified atom stereocenters. The van der Waals surface area contributed by atoms with Gasteiger partial charge < -0.3 is 10.3 Å². The average molecular weight is 270 g/mol. The van der Waals surface area contributed by atoms with Crippen LogP contribution in [0.4, 0.5) is 10.1 Å². The summed E-state index contributed by atoms with van der Waals surface area (Å²) in [6, 6.07) is 4.85. The highest BCUT2D eigenvalue weighted by molar-refractivity contribution is 9.10. The smallest absolute Gasteiger partial charge is 0.147 e. The van der Waals surface area contributed by atoms with Gasteiger partial charge in [-0.05, 0) is 28.1 Å². The lowest BCUT2D eigenvalue weighted by atomic mass is 10.3. The van der Waals surface area contributed by atoms with Gasteiger partial charge in [0, 0.05) is 16.9 Å². The van der Waals surface area contributed by atoms with Crippen LogP contribution in [-0.2, 0) is 6.54 Å². The first-order chi connectivity index (χ1) is 7.27. The third-order valence-corrected chi connectivity index (χ3v) is 2.61. The normalized spacial score (nSPS) is 10.3. The number of halogens is 2. The Morgan fingerprint density at radius 1 is 1.47 bits per heavy atom. The Bertz CT molecular complexity index is 422. The van der Waals surface area contributed by atoms with Crippen molar-refractivity contribution in [2.75, 3.05) is 5.32 Å². The topological polar surface area (TPSA) is 40.7 Å². The van der Waals surface area contributed by atoms with Crippen LogP contribution in [0.3, 0.4) is 0 Å². The first-order valence-electron chi connectivity index (χ1n) is 4.43. The van der Waals surface area contributed by atoms with Crippen molar-refractivity contribution in [2.45, 2.75) is 6.54 Å². The van der Waals surface area contributed by atoms with Crippen LogP contribution in [0.1, 0.15) is 5.82 Å². The molecular formula is C10H9BrFN3. The molecule has 1 aromatic carbocycles. The van der Waals surface area contributed by atoms with Gasteiger partial charge in [-0.15, -0.1) is 0 Å². The molecule has 1 aromatic heterocycles. The predicted octanol–water partition coefficient (Wildman–Crippen LogP) is 2.92. The third kappa shape index (κ3) is 2.36. The highest BCUT2D eigenvalue weighted by Gasteiger charge is 2.05. The zero-order chi connectivity index (χ0) is 10.7. The quantitative estimate of drug-likeness (QED) is 0.900. The second kappa shape index (κ2) is 4.44. The average Bonchev–Trinajstić information content (AvgIpc) is 2.70. The van der Waals surface area contributed by atoms with E-state index in [9.17, 15) is 4.39 Å². The van der Waals surface area contributed by atoms with E-state index in [0.717, 1.165) is 5.82 Å². The zero-order valence-corrected chi connectivity index (χ0v) is 9.38. The summed E-state index contributed by atoms with van der Waals surface area (Å²) in [4.78, 5) is 6.97. The molecule has 0 radical (unpaired) electrons. The number of hydrogen-bond donors (Lipinski definition) is 2. The Balaban J connectivity index is 2.11. The summed E-state index contributed by atoms with van der Waals surface area (Å²) in [5, 5.41) is 2.97. The van der Waals surface area contributed by atoms with Crippen LogP contribution < -0.4 is 5.32 Å². The summed E-state index contributed by atoms with van der Waals surface area (Å²) in [5.41, 5.74) is 0.453. The van der Waals surface area contributed by atoms with Gasteiger partial charge in [0.15, 0.2) is 0 Å². The van der Waals surface area contributed by atoms with Gasteiger partial charge in [-0.3, -0.25) is 0 Å². The maximum Gasteiger partial charge on any atom is 0.147 e. The van der Waals surface area contributed by atoms with Gasteiger partial charge in [0.2, 0.25) is 0 Å². The number of nitrogens with one attached hydrogen (secondary N) is 2. The summed E-state index contributed by atoms with van der Waals surface area (Å²) >= 11 is 3.28. The van der Waals surface area contributed by atoms with E-state index in [2.05, 4.69) is 31.2 Å². The zero-order valence-electron chi connectivity index (χ0n) is 7.80. The standard InChI is InChI=1S/C10H9BrFN3/c11-7-2-1-3-8(12)10(7)15-6-9-13-4-5-14-9/h1-5,15H,6H2,(H,13,14). The molecule has 0 bridgehead atoms. The maximum absolute atomic E-state index is 13.4. The number of rotatable bonds is 3. The van der Waals surface area contributed by atoms with Crippen LogP contribution in [0.5, 0.6) is 0 Å². The highest BCUT2D eigenvalue weighted by Crippen LogP contribution is 2.25. The number of H-pyrrole nitrogens is 1. The van der Waals surface area contributed by atoms with Gasteiger partial charge in [-0.25, -0.2) is 9.37 Å². The lowest BCUT2D eigenvalue weighted by molar-refractivity contribution is 0.629. The van der Waals surface area contributed by atoms with Crippen LogP contribution in [0.2, 0.25) is 0 Å². The molecule has 0 fully saturated rings. The number of imidazole rings is 1. The largest absolute Gasteiger partial charge is 0.375 e. The monoisotopic (exact) mass is 269 g/mol. The van der Waals surface area contributed by atoms with E-state index in [4.69, 9.17) is 0 Å². The number of aromatic amines is 1. The van der Waals surface area contributed by atoms with Gasteiger partial charge >= 0.3 is 0 Å². The molecular weight excluding hydrogens is 261 g/mol. The van der Waals surface area contributed by atoms with E-state index in [1.165, 1.54) is 6.07 Å². The number of anilines is 1. The fourth-order valence-corrected chi connectivity index (χ4v) is 1.72. The molecule has 2 N–H and O–H groups in total. The van der Waals surface area contributed by atoms with Gasteiger partial charge in [-0.2, -0.15) is 0 Å². The van der Waals surface area contributed by atoms with Crippen molar-refractivity contribution in [3.63, 3.8) is 0 Å². The Kier molecular flexibility index (Phi) is 3.01. The fraction of sp³-hybridized carbons (Fsp3) is 0.100. The fourth-order valence-electron chi connectivity index (χ4n) is 1.23. The van der Waals surface area contributed by atoms with Crippen LogP contribution in [0.25, 0.3) is 0 Å². The van der Waals surface area contributed by atoms with Crippen LogP contribution >= 0.6 is 15.9 Å². The Morgan fingerprint density at radius 2 is 2.33 bits per heavy atom. The molecule has 0 amide bonds. The van der Waals surface area contributed by atoms with Gasteiger partial charge in [0.25, 0.3) is 0 Å². The van der Waals surface area contributed by atoms with E-state index < -0.39 is 0 Å². The molecule has 0 saturated heterocycles. The van der Waals surface area contributed by atoms with E-state index in [-0.39, 0.29) is 5.82 Å². The van der Waals surface area contributed by atoms with Crippen molar-refractivity contribution in [3.8, 4) is 0 Å². The van der Waals surface area contributed by atoms with Crippen molar-refractivity contribution in [2.24, 2.45) is 0 Å². The minimum Gasteiger partial charge on any atom is -0.375 e. The molecule has 0 atom stereocenters. The molecule has 2 aromatic rings. The lowest BCUT2D eigenvalue weighted by Crippen LogP contribution is -2.03. The van der Waals surface area contributed by atoms with Crippen LogP contribution in [0.15, 0.2) is 35.1 Å². The summed E-state index contributed by atoms with van der Waals surface area (Å²) in [7, 11) is 0. The minimum absolute atomic E-state index is 0.282. The summed E-state index contributed by atoms with van der Waals surface area (Å²) in [5.74, 6) is 0.487. The van der Waals surface area contributed by atoms with Gasteiger partial charge in [0.1, 0.15) is 11.6 Å². The summed E-state index contributed by atoms with van der Waals surface area (Å²) < 4.78 is 14.1. The second-order valence-electron chi connectivity index (χ2n) is 2.99. The minimum atomic E-state index is -0.282. The number of benzene rings is 1. The molecule has 5 heteroatoms. The van der Waals surface area contributed by atoms with Crippen LogP contribution in [0, 0.1) is 5.82 Å². The summed E-state index contributed by atoms with van der Waals surface area (Å²) in [6.45, 7) is 0.465. The molecule has 3 nitrogen and oxygen atoms in total. The molecule has 15 heavy (non-hydrogen) atoms. The first-order valence-corrected chi connectivity index (χ1v) is 5.23. The molecule has 2 rings (SSSR count). The SMILES string of the molecule is Fc1cccc(Br)c1NCc1ncc[nH]1. The molecule has 0 saturated carbocycles. The van der Waals surface area contributed by atoms with E-state index in [1.807, 2.05) is 0 Å². The molecule has 0 spiro atoms. The Labute approximate surface area is 94.9 Å². The number of para-hydroxylation sites is 1. The number of hydrogen-bond acceptors (Lipinski definition) is 2. The predicted molar refractivity (Wildman–Crippen MR) is 60.0 cm³/mol. The maximum atomic E-state index is 13.4. The molecule has 0 aliphatic rings. The van der Waals surface area contributed by atoms with Crippen molar-refractivity contribution in [1.82, 2.24) is 9.97 Å². The van der Waals surface area contributed by atoms with E-state index >= 15 is 0 Å².